The van der Waals surface area contributed by atoms with Crippen molar-refractivity contribution in [3.8, 4) is 5.75 Å². The Bertz CT molecular complexity index is 528. The van der Waals surface area contributed by atoms with Gasteiger partial charge in [-0.2, -0.15) is 0 Å². The summed E-state index contributed by atoms with van der Waals surface area (Å²) in [5, 5.41) is 12.1. The van der Waals surface area contributed by atoms with Gasteiger partial charge in [0.2, 0.25) is 0 Å². The number of rotatable bonds is 9. The Balaban J connectivity index is 1.93. The van der Waals surface area contributed by atoms with E-state index < -0.39 is 0 Å². The third kappa shape index (κ3) is 5.15. The number of benzene rings is 2. The van der Waals surface area contributed by atoms with Crippen molar-refractivity contribution >= 4 is 0 Å². The van der Waals surface area contributed by atoms with E-state index in [1.54, 1.807) is 0 Å². The predicted octanol–water partition coefficient (Wildman–Crippen LogP) is 2.88. The summed E-state index contributed by atoms with van der Waals surface area (Å²) in [6.45, 7) is 3.69. The summed E-state index contributed by atoms with van der Waals surface area (Å²) in [5.74, 6) is 0.824. The van der Waals surface area contributed by atoms with Gasteiger partial charge in [0.05, 0.1) is 6.61 Å². The molecule has 0 aromatic heterocycles. The van der Waals surface area contributed by atoms with Gasteiger partial charge >= 0.3 is 0 Å². The zero-order chi connectivity index (χ0) is 15.6. The summed E-state index contributed by atoms with van der Waals surface area (Å²) in [7, 11) is 0. The van der Waals surface area contributed by atoms with Gasteiger partial charge in [0, 0.05) is 13.2 Å². The topological polar surface area (TPSA) is 50.7 Å². The average molecular weight is 301 g/mol. The summed E-state index contributed by atoms with van der Waals surface area (Å²) >= 11 is 0. The highest BCUT2D eigenvalue weighted by Gasteiger charge is 2.10. The highest BCUT2D eigenvalue weighted by Crippen LogP contribution is 2.19. The lowest BCUT2D eigenvalue weighted by Gasteiger charge is -2.19. The number of ether oxygens (including phenoxy) is 2. The van der Waals surface area contributed by atoms with E-state index in [9.17, 15) is 0 Å². The summed E-state index contributed by atoms with van der Waals surface area (Å²) in [5.41, 5.74) is 2.16. The second-order valence-corrected chi connectivity index (χ2v) is 4.86. The zero-order valence-electron chi connectivity index (χ0n) is 12.9. The molecule has 4 nitrogen and oxygen atoms in total. The molecule has 0 fully saturated rings. The molecule has 0 aliphatic carbocycles. The molecule has 0 aliphatic heterocycles. The van der Waals surface area contributed by atoms with Crippen LogP contribution in [-0.2, 0) is 11.3 Å². The quantitative estimate of drug-likeness (QED) is 0.699. The smallest absolute Gasteiger partial charge is 0.134 e. The van der Waals surface area contributed by atoms with Crippen LogP contribution in [0.4, 0.5) is 0 Å². The lowest BCUT2D eigenvalue weighted by atomic mass is 10.2. The molecular weight excluding hydrogens is 278 g/mol. The number of aliphatic hydroxyl groups excluding tert-OH is 1. The maximum Gasteiger partial charge on any atom is 0.134 e. The van der Waals surface area contributed by atoms with Crippen molar-refractivity contribution in [2.45, 2.75) is 19.8 Å². The molecule has 2 rings (SSSR count). The van der Waals surface area contributed by atoms with Gasteiger partial charge in [0.1, 0.15) is 18.6 Å². The number of hydrogen-bond donors (Lipinski definition) is 2. The molecule has 0 bridgehead atoms. The van der Waals surface area contributed by atoms with E-state index in [0.29, 0.717) is 19.8 Å². The Morgan fingerprint density at radius 3 is 2.41 bits per heavy atom. The van der Waals surface area contributed by atoms with Crippen LogP contribution < -0.4 is 10.1 Å². The highest BCUT2D eigenvalue weighted by atomic mass is 16.5. The van der Waals surface area contributed by atoms with Crippen LogP contribution in [-0.4, -0.2) is 24.9 Å². The Labute approximate surface area is 131 Å². The molecule has 0 saturated heterocycles. The van der Waals surface area contributed by atoms with Crippen molar-refractivity contribution in [3.05, 3.63) is 65.7 Å². The van der Waals surface area contributed by atoms with Crippen LogP contribution in [0.15, 0.2) is 54.6 Å². The average Bonchev–Trinajstić information content (AvgIpc) is 2.58. The second-order valence-electron chi connectivity index (χ2n) is 4.86. The molecule has 22 heavy (non-hydrogen) atoms. The van der Waals surface area contributed by atoms with Gasteiger partial charge in [-0.15, -0.1) is 0 Å². The first-order chi connectivity index (χ1) is 10.8. The molecule has 0 heterocycles. The van der Waals surface area contributed by atoms with Crippen molar-refractivity contribution in [3.63, 3.8) is 0 Å². The first-order valence-corrected chi connectivity index (χ1v) is 7.56. The largest absolute Gasteiger partial charge is 0.489 e. The minimum atomic E-state index is -0.208. The molecule has 0 aliphatic rings. The minimum Gasteiger partial charge on any atom is -0.489 e. The highest BCUT2D eigenvalue weighted by molar-refractivity contribution is 5.29. The molecule has 0 amide bonds. The fraction of sp³-hybridized carbons (Fsp3) is 0.333. The van der Waals surface area contributed by atoms with E-state index in [2.05, 4.69) is 5.32 Å². The van der Waals surface area contributed by atoms with E-state index in [1.807, 2.05) is 61.5 Å². The monoisotopic (exact) mass is 301 g/mol. The summed E-state index contributed by atoms with van der Waals surface area (Å²) in [4.78, 5) is 0. The number of hydrogen-bond acceptors (Lipinski definition) is 4. The third-order valence-electron chi connectivity index (χ3n) is 3.21. The zero-order valence-corrected chi connectivity index (χ0v) is 12.9. The van der Waals surface area contributed by atoms with Gasteiger partial charge < -0.3 is 14.6 Å². The Kier molecular flexibility index (Phi) is 6.90. The van der Waals surface area contributed by atoms with Gasteiger partial charge in [0.15, 0.2) is 0 Å². The third-order valence-corrected chi connectivity index (χ3v) is 3.21. The van der Waals surface area contributed by atoms with Crippen LogP contribution in [0.3, 0.4) is 0 Å². The van der Waals surface area contributed by atoms with E-state index in [1.165, 1.54) is 0 Å². The summed E-state index contributed by atoms with van der Waals surface area (Å²) < 4.78 is 11.4. The minimum absolute atomic E-state index is 0.0852. The van der Waals surface area contributed by atoms with Crippen LogP contribution in [0, 0.1) is 0 Å². The summed E-state index contributed by atoms with van der Waals surface area (Å²) in [6.07, 6.45) is -0.208. The first kappa shape index (κ1) is 16.5. The van der Waals surface area contributed by atoms with Crippen molar-refractivity contribution in [2.75, 3.05) is 19.8 Å². The predicted molar refractivity (Wildman–Crippen MR) is 86.7 cm³/mol. The molecule has 1 unspecified atom stereocenters. The van der Waals surface area contributed by atoms with Crippen LogP contribution in [0.2, 0.25) is 0 Å². The molecular formula is C18H23NO3. The molecule has 2 aromatic rings. The molecule has 2 aromatic carbocycles. The molecule has 0 radical (unpaired) electrons. The van der Waals surface area contributed by atoms with E-state index >= 15 is 0 Å². The van der Waals surface area contributed by atoms with E-state index in [0.717, 1.165) is 16.9 Å². The van der Waals surface area contributed by atoms with E-state index in [-0.39, 0.29) is 12.8 Å². The first-order valence-electron chi connectivity index (χ1n) is 7.56. The molecule has 4 heteroatoms. The van der Waals surface area contributed by atoms with Crippen LogP contribution in [0.5, 0.6) is 5.75 Å². The van der Waals surface area contributed by atoms with Crippen LogP contribution in [0.1, 0.15) is 24.3 Å². The van der Waals surface area contributed by atoms with Gasteiger partial charge in [0.25, 0.3) is 0 Å². The van der Waals surface area contributed by atoms with Gasteiger partial charge in [-0.3, -0.25) is 5.32 Å². The molecule has 2 N–H and O–H groups in total. The van der Waals surface area contributed by atoms with Crippen molar-refractivity contribution in [2.24, 2.45) is 0 Å². The number of nitrogens with one attached hydrogen (secondary N) is 1. The normalized spacial score (nSPS) is 12.1. The lowest BCUT2D eigenvalue weighted by molar-refractivity contribution is 0.0340. The van der Waals surface area contributed by atoms with Gasteiger partial charge in [-0.1, -0.05) is 42.5 Å². The molecule has 1 atom stereocenters. The Hall–Kier alpha value is -1.88. The lowest BCUT2D eigenvalue weighted by Crippen LogP contribution is -2.26. The second kappa shape index (κ2) is 9.20. The van der Waals surface area contributed by atoms with Gasteiger partial charge in [-0.25, -0.2) is 0 Å². The van der Waals surface area contributed by atoms with Gasteiger partial charge in [-0.05, 0) is 30.2 Å². The Morgan fingerprint density at radius 2 is 1.77 bits per heavy atom. The maximum absolute atomic E-state index is 8.91. The molecule has 0 spiro atoms. The van der Waals surface area contributed by atoms with Crippen molar-refractivity contribution < 1.29 is 14.6 Å². The molecule has 118 valence electrons. The van der Waals surface area contributed by atoms with Crippen LogP contribution >= 0.6 is 0 Å². The Morgan fingerprint density at radius 1 is 1.05 bits per heavy atom. The fourth-order valence-electron chi connectivity index (χ4n) is 2.12. The van der Waals surface area contributed by atoms with E-state index in [4.69, 9.17) is 14.6 Å². The maximum atomic E-state index is 8.91. The molecule has 0 saturated carbocycles. The standard InChI is InChI=1S/C18H23NO3/c1-2-21-18(19-12-13-20)16-8-10-17(11-9-16)22-14-15-6-4-3-5-7-15/h3-11,18-20H,2,12-14H2,1H3. The van der Waals surface area contributed by atoms with Crippen molar-refractivity contribution in [1.29, 1.82) is 0 Å². The fourth-order valence-corrected chi connectivity index (χ4v) is 2.12. The van der Waals surface area contributed by atoms with Crippen LogP contribution in [0.25, 0.3) is 0 Å². The summed E-state index contributed by atoms with van der Waals surface area (Å²) in [6, 6.07) is 17.9. The SMILES string of the molecule is CCOC(NCCO)c1ccc(OCc2ccccc2)cc1. The van der Waals surface area contributed by atoms with Crippen molar-refractivity contribution in [1.82, 2.24) is 5.32 Å². The number of aliphatic hydroxyl groups is 1.